The Balaban J connectivity index is 1.65. The minimum atomic E-state index is -0.711. The van der Waals surface area contributed by atoms with Crippen LogP contribution in [0.1, 0.15) is 10.4 Å². The van der Waals surface area contributed by atoms with Crippen LogP contribution in [0.2, 0.25) is 10.0 Å². The number of carbonyl (C=O) groups is 1. The van der Waals surface area contributed by atoms with E-state index in [1.54, 1.807) is 18.4 Å². The van der Waals surface area contributed by atoms with Crippen LogP contribution in [0.15, 0.2) is 30.3 Å². The minimum absolute atomic E-state index is 0.0519. The van der Waals surface area contributed by atoms with Crippen molar-refractivity contribution in [3.8, 4) is 5.75 Å². The van der Waals surface area contributed by atoms with Crippen LogP contribution in [-0.2, 0) is 0 Å². The van der Waals surface area contributed by atoms with Crippen molar-refractivity contribution in [2.75, 3.05) is 24.2 Å². The molecule has 0 bridgehead atoms. The number of hydrogen-bond acceptors (Lipinski definition) is 4. The molecule has 0 unspecified atom stereocenters. The van der Waals surface area contributed by atoms with Crippen LogP contribution in [0.5, 0.6) is 5.75 Å². The molecule has 9 heteroatoms. The van der Waals surface area contributed by atoms with Gasteiger partial charge in [-0.05, 0) is 24.3 Å². The number of carbonyl (C=O) groups excluding carboxylic acids is 1. The molecule has 1 aliphatic heterocycles. The highest BCUT2D eigenvalue weighted by Gasteiger charge is 2.30. The molecular formula is C17H14Cl2F2N2O2S. The molecule has 1 fully saturated rings. The zero-order chi connectivity index (χ0) is 18.8. The summed E-state index contributed by atoms with van der Waals surface area (Å²) in [5.41, 5.74) is 0.630. The molecule has 2 aromatic rings. The fourth-order valence-electron chi connectivity index (χ4n) is 2.53. The Hall–Kier alpha value is -1.70. The average Bonchev–Trinajstić information content (AvgIpc) is 2.56. The molecule has 26 heavy (non-hydrogen) atoms. The van der Waals surface area contributed by atoms with Gasteiger partial charge in [0.2, 0.25) is 0 Å². The highest BCUT2D eigenvalue weighted by atomic mass is 35.5. The lowest BCUT2D eigenvalue weighted by molar-refractivity contribution is 0.0980. The number of amides is 1. The lowest BCUT2D eigenvalue weighted by atomic mass is 10.1. The highest BCUT2D eigenvalue weighted by Crippen LogP contribution is 2.32. The van der Waals surface area contributed by atoms with E-state index in [1.165, 1.54) is 12.1 Å². The molecule has 1 N–H and O–H groups in total. The van der Waals surface area contributed by atoms with Crippen LogP contribution < -0.4 is 14.4 Å². The van der Waals surface area contributed by atoms with Crippen LogP contribution in [0, 0.1) is 11.6 Å². The third-order valence-electron chi connectivity index (χ3n) is 3.87. The Labute approximate surface area is 163 Å². The predicted molar refractivity (Wildman–Crippen MR) is 100 cm³/mol. The predicted octanol–water partition coefficient (Wildman–Crippen LogP) is 4.55. The second kappa shape index (κ2) is 7.90. The molecule has 0 saturated carbocycles. The van der Waals surface area contributed by atoms with E-state index < -0.39 is 17.5 Å². The molecule has 0 radical (unpaired) electrons. The van der Waals surface area contributed by atoms with E-state index in [0.29, 0.717) is 13.1 Å². The summed E-state index contributed by atoms with van der Waals surface area (Å²) in [5.74, 6) is -1.58. The van der Waals surface area contributed by atoms with Crippen molar-refractivity contribution in [1.82, 2.24) is 4.72 Å². The average molecular weight is 419 g/mol. The Bertz CT molecular complexity index is 848. The summed E-state index contributed by atoms with van der Waals surface area (Å²) < 4.78 is 35.5. The van der Waals surface area contributed by atoms with Gasteiger partial charge in [0.1, 0.15) is 23.5 Å². The van der Waals surface area contributed by atoms with Crippen LogP contribution in [-0.4, -0.2) is 31.4 Å². The zero-order valence-electron chi connectivity index (χ0n) is 13.6. The van der Waals surface area contributed by atoms with Gasteiger partial charge in [-0.25, -0.2) is 8.78 Å². The molecule has 0 aromatic heterocycles. The van der Waals surface area contributed by atoms with Gasteiger partial charge in [-0.2, -0.15) is 0 Å². The van der Waals surface area contributed by atoms with Gasteiger partial charge in [0, 0.05) is 18.0 Å². The van der Waals surface area contributed by atoms with Crippen molar-refractivity contribution in [2.45, 2.75) is 6.10 Å². The SMILES string of the molecule is CSNC(=O)c1cc(Cl)c(OC2CN(c3ccc(F)c(Cl)c3)C2)cc1F. The first-order chi connectivity index (χ1) is 12.4. The Morgan fingerprint density at radius 2 is 1.92 bits per heavy atom. The van der Waals surface area contributed by atoms with E-state index in [0.717, 1.165) is 23.7 Å². The van der Waals surface area contributed by atoms with Crippen molar-refractivity contribution in [3.63, 3.8) is 0 Å². The number of anilines is 1. The number of halogens is 4. The monoisotopic (exact) mass is 418 g/mol. The van der Waals surface area contributed by atoms with Gasteiger partial charge in [0.25, 0.3) is 5.91 Å². The lowest BCUT2D eigenvalue weighted by Crippen LogP contribution is -2.54. The maximum atomic E-state index is 14.1. The molecule has 1 amide bonds. The fraction of sp³-hybridized carbons (Fsp3) is 0.235. The molecule has 0 atom stereocenters. The number of ether oxygens (including phenoxy) is 1. The molecular weight excluding hydrogens is 405 g/mol. The van der Waals surface area contributed by atoms with E-state index >= 15 is 0 Å². The van der Waals surface area contributed by atoms with Crippen molar-refractivity contribution in [1.29, 1.82) is 0 Å². The number of nitrogens with one attached hydrogen (secondary N) is 1. The summed E-state index contributed by atoms with van der Waals surface area (Å²) in [6.07, 6.45) is 1.45. The van der Waals surface area contributed by atoms with E-state index in [4.69, 9.17) is 27.9 Å². The molecule has 3 rings (SSSR count). The normalized spacial score (nSPS) is 14.1. The van der Waals surface area contributed by atoms with E-state index in [9.17, 15) is 13.6 Å². The third-order valence-corrected chi connectivity index (χ3v) is 4.85. The topological polar surface area (TPSA) is 41.6 Å². The van der Waals surface area contributed by atoms with Gasteiger partial charge < -0.3 is 9.64 Å². The fourth-order valence-corrected chi connectivity index (χ4v) is 3.20. The maximum Gasteiger partial charge on any atom is 0.264 e. The molecule has 2 aromatic carbocycles. The van der Waals surface area contributed by atoms with Gasteiger partial charge in [0.15, 0.2) is 0 Å². The summed E-state index contributed by atoms with van der Waals surface area (Å²) in [6.45, 7) is 1.04. The van der Waals surface area contributed by atoms with Crippen molar-refractivity contribution < 1.29 is 18.3 Å². The molecule has 138 valence electrons. The molecule has 1 aliphatic rings. The first-order valence-electron chi connectivity index (χ1n) is 7.58. The highest BCUT2D eigenvalue weighted by molar-refractivity contribution is 7.97. The van der Waals surface area contributed by atoms with Gasteiger partial charge in [-0.1, -0.05) is 35.1 Å². The lowest BCUT2D eigenvalue weighted by Gasteiger charge is -2.40. The van der Waals surface area contributed by atoms with Crippen molar-refractivity contribution in [3.05, 3.63) is 57.6 Å². The quantitative estimate of drug-likeness (QED) is 0.723. The smallest absolute Gasteiger partial charge is 0.264 e. The molecule has 0 spiro atoms. The molecule has 0 aliphatic carbocycles. The van der Waals surface area contributed by atoms with Gasteiger partial charge in [-0.15, -0.1) is 0 Å². The standard InChI is InChI=1S/C17H14Cl2F2N2O2S/c1-26-22-17(24)11-5-13(19)16(6-15(11)21)25-10-7-23(8-10)9-2-3-14(20)12(18)4-9/h2-6,10H,7-8H2,1H3,(H,22,24). The van der Waals surface area contributed by atoms with E-state index in [-0.39, 0.29) is 27.5 Å². The summed E-state index contributed by atoms with van der Waals surface area (Å²) in [7, 11) is 0. The van der Waals surface area contributed by atoms with Gasteiger partial charge >= 0.3 is 0 Å². The van der Waals surface area contributed by atoms with E-state index in [2.05, 4.69) is 4.72 Å². The molecule has 4 nitrogen and oxygen atoms in total. The second-order valence-electron chi connectivity index (χ2n) is 5.64. The van der Waals surface area contributed by atoms with Gasteiger partial charge in [-0.3, -0.25) is 9.52 Å². The molecule has 1 saturated heterocycles. The third kappa shape index (κ3) is 4.00. The Morgan fingerprint density at radius 3 is 2.58 bits per heavy atom. The minimum Gasteiger partial charge on any atom is -0.485 e. The summed E-state index contributed by atoms with van der Waals surface area (Å²) in [5, 5.41) is 0.206. The van der Waals surface area contributed by atoms with E-state index in [1.807, 2.05) is 4.90 Å². The van der Waals surface area contributed by atoms with Crippen LogP contribution in [0.25, 0.3) is 0 Å². The number of nitrogens with zero attached hydrogens (tertiary/aromatic N) is 1. The van der Waals surface area contributed by atoms with Crippen LogP contribution >= 0.6 is 35.1 Å². The first-order valence-corrected chi connectivity index (χ1v) is 9.56. The Morgan fingerprint density at radius 1 is 1.19 bits per heavy atom. The van der Waals surface area contributed by atoms with Crippen LogP contribution in [0.3, 0.4) is 0 Å². The Kier molecular flexibility index (Phi) is 5.79. The largest absolute Gasteiger partial charge is 0.485 e. The summed E-state index contributed by atoms with van der Waals surface area (Å²) in [6, 6.07) is 6.82. The summed E-state index contributed by atoms with van der Waals surface area (Å²) in [4.78, 5) is 13.7. The van der Waals surface area contributed by atoms with Crippen molar-refractivity contribution in [2.24, 2.45) is 0 Å². The van der Waals surface area contributed by atoms with Crippen molar-refractivity contribution >= 4 is 46.7 Å². The number of rotatable bonds is 5. The summed E-state index contributed by atoms with van der Waals surface area (Å²) >= 11 is 13.0. The number of hydrogen-bond donors (Lipinski definition) is 1. The maximum absolute atomic E-state index is 14.1. The molecule has 1 heterocycles. The zero-order valence-corrected chi connectivity index (χ0v) is 15.9. The van der Waals surface area contributed by atoms with Gasteiger partial charge in [0.05, 0.1) is 28.7 Å². The number of benzene rings is 2. The van der Waals surface area contributed by atoms with Crippen LogP contribution in [0.4, 0.5) is 14.5 Å². The second-order valence-corrected chi connectivity index (χ2v) is 7.07. The first kappa shape index (κ1) is 19.1.